The summed E-state index contributed by atoms with van der Waals surface area (Å²) < 4.78 is 0. The highest BCUT2D eigenvalue weighted by Crippen LogP contribution is 2.23. The van der Waals surface area contributed by atoms with Crippen molar-refractivity contribution in [3.8, 4) is 0 Å². The smallest absolute Gasteiger partial charge is 0.273 e. The second-order valence-corrected chi connectivity index (χ2v) is 7.47. The topological polar surface area (TPSA) is 75.2 Å². The third-order valence-corrected chi connectivity index (χ3v) is 4.14. The summed E-state index contributed by atoms with van der Waals surface area (Å²) in [6, 6.07) is 1.21. The molecule has 0 spiro atoms. The molecule has 120 valence electrons. The van der Waals surface area contributed by atoms with Crippen LogP contribution in [-0.4, -0.2) is 49.9 Å². The molecule has 2 rings (SSSR count). The Morgan fingerprint density at radius 2 is 2.00 bits per heavy atom. The Labute approximate surface area is 135 Å². The minimum Gasteiger partial charge on any atom is -0.350 e. The zero-order valence-electron chi connectivity index (χ0n) is 13.6. The molecule has 22 heavy (non-hydrogen) atoms. The van der Waals surface area contributed by atoms with E-state index in [1.165, 1.54) is 0 Å². The van der Waals surface area contributed by atoms with Crippen LogP contribution in [0.15, 0.2) is 6.07 Å². The Morgan fingerprint density at radius 1 is 1.32 bits per heavy atom. The molecule has 2 heterocycles. The Kier molecular flexibility index (Phi) is 4.75. The van der Waals surface area contributed by atoms with Crippen molar-refractivity contribution >= 4 is 23.6 Å². The van der Waals surface area contributed by atoms with Crippen LogP contribution in [0.1, 0.15) is 42.8 Å². The lowest BCUT2D eigenvalue weighted by Gasteiger charge is -2.27. The Hall–Kier alpha value is -1.63. The summed E-state index contributed by atoms with van der Waals surface area (Å²) in [5.41, 5.74) is 0.778. The summed E-state index contributed by atoms with van der Waals surface area (Å²) in [4.78, 5) is 35.0. The first-order chi connectivity index (χ1) is 10.2. The molecule has 0 aromatic carbocycles. The SMILES string of the molecule is Cc1cc(C(=O)N2CSCC2C(=O)NC(C)(C)C)nc(C)n1. The molecular weight excluding hydrogens is 300 g/mol. The number of nitrogens with zero attached hydrogens (tertiary/aromatic N) is 3. The molecule has 1 aliphatic heterocycles. The second-order valence-electron chi connectivity index (χ2n) is 6.47. The van der Waals surface area contributed by atoms with Crippen LogP contribution in [0.2, 0.25) is 0 Å². The predicted molar refractivity (Wildman–Crippen MR) is 86.7 cm³/mol. The van der Waals surface area contributed by atoms with E-state index in [1.54, 1.807) is 29.7 Å². The van der Waals surface area contributed by atoms with E-state index in [2.05, 4.69) is 15.3 Å². The van der Waals surface area contributed by atoms with E-state index < -0.39 is 6.04 Å². The average molecular weight is 322 g/mol. The molecule has 0 saturated carbocycles. The maximum absolute atomic E-state index is 12.7. The van der Waals surface area contributed by atoms with Crippen molar-refractivity contribution in [3.63, 3.8) is 0 Å². The van der Waals surface area contributed by atoms with Gasteiger partial charge in [-0.3, -0.25) is 9.59 Å². The molecule has 2 amide bonds. The quantitative estimate of drug-likeness (QED) is 0.893. The molecule has 1 saturated heterocycles. The third-order valence-electron chi connectivity index (χ3n) is 3.13. The van der Waals surface area contributed by atoms with Crippen molar-refractivity contribution in [3.05, 3.63) is 23.3 Å². The van der Waals surface area contributed by atoms with Crippen LogP contribution >= 0.6 is 11.8 Å². The van der Waals surface area contributed by atoms with Crippen LogP contribution in [0, 0.1) is 13.8 Å². The normalized spacial score (nSPS) is 18.4. The number of amides is 2. The van der Waals surface area contributed by atoms with Gasteiger partial charge < -0.3 is 10.2 Å². The maximum atomic E-state index is 12.7. The second kappa shape index (κ2) is 6.24. The van der Waals surface area contributed by atoms with Crippen molar-refractivity contribution < 1.29 is 9.59 Å². The number of rotatable bonds is 2. The molecule has 1 unspecified atom stereocenters. The number of carbonyl (C=O) groups is 2. The lowest BCUT2D eigenvalue weighted by Crippen LogP contribution is -2.52. The highest BCUT2D eigenvalue weighted by molar-refractivity contribution is 7.99. The van der Waals surface area contributed by atoms with Gasteiger partial charge in [0.1, 0.15) is 17.6 Å². The summed E-state index contributed by atoms with van der Waals surface area (Å²) in [5.74, 6) is 1.34. The van der Waals surface area contributed by atoms with Gasteiger partial charge >= 0.3 is 0 Å². The van der Waals surface area contributed by atoms with Gasteiger partial charge in [0.05, 0.1) is 5.88 Å². The first-order valence-corrected chi connectivity index (χ1v) is 8.36. The van der Waals surface area contributed by atoms with Crippen LogP contribution < -0.4 is 5.32 Å². The first kappa shape index (κ1) is 16.7. The molecule has 0 aliphatic carbocycles. The van der Waals surface area contributed by atoms with Gasteiger partial charge in [0.15, 0.2) is 0 Å². The van der Waals surface area contributed by atoms with Gasteiger partial charge in [-0.2, -0.15) is 0 Å². The van der Waals surface area contributed by atoms with Crippen molar-refractivity contribution in [2.75, 3.05) is 11.6 Å². The lowest BCUT2D eigenvalue weighted by atomic mass is 10.1. The van der Waals surface area contributed by atoms with Gasteiger partial charge in [-0.05, 0) is 40.7 Å². The molecule has 1 fully saturated rings. The van der Waals surface area contributed by atoms with Crippen LogP contribution in [0.4, 0.5) is 0 Å². The Morgan fingerprint density at radius 3 is 2.59 bits per heavy atom. The van der Waals surface area contributed by atoms with Crippen LogP contribution in [0.25, 0.3) is 0 Å². The Bertz CT molecular complexity index is 577. The molecule has 6 nitrogen and oxygen atoms in total. The predicted octanol–water partition coefficient (Wildman–Crippen LogP) is 1.52. The lowest BCUT2D eigenvalue weighted by molar-refractivity contribution is -0.125. The fourth-order valence-electron chi connectivity index (χ4n) is 2.29. The maximum Gasteiger partial charge on any atom is 0.273 e. The molecule has 7 heteroatoms. The molecule has 1 atom stereocenters. The fourth-order valence-corrected chi connectivity index (χ4v) is 3.44. The van der Waals surface area contributed by atoms with Crippen molar-refractivity contribution in [2.24, 2.45) is 0 Å². The van der Waals surface area contributed by atoms with Gasteiger partial charge in [-0.25, -0.2) is 9.97 Å². The van der Waals surface area contributed by atoms with E-state index in [4.69, 9.17) is 0 Å². The number of hydrogen-bond acceptors (Lipinski definition) is 5. The van der Waals surface area contributed by atoms with Crippen LogP contribution in [-0.2, 0) is 4.79 Å². The van der Waals surface area contributed by atoms with Crippen LogP contribution in [0.5, 0.6) is 0 Å². The minimum atomic E-state index is -0.452. The van der Waals surface area contributed by atoms with Crippen LogP contribution in [0.3, 0.4) is 0 Å². The molecular formula is C15H22N4O2S. The zero-order chi connectivity index (χ0) is 16.5. The standard InChI is InChI=1S/C15H22N4O2S/c1-9-6-11(17-10(2)16-9)14(21)19-8-22-7-12(19)13(20)18-15(3,4)5/h6,12H,7-8H2,1-5H3,(H,18,20). The summed E-state index contributed by atoms with van der Waals surface area (Å²) in [7, 11) is 0. The summed E-state index contributed by atoms with van der Waals surface area (Å²) in [6.45, 7) is 9.36. The average Bonchev–Trinajstić information content (AvgIpc) is 2.83. The monoisotopic (exact) mass is 322 g/mol. The zero-order valence-corrected chi connectivity index (χ0v) is 14.5. The van der Waals surface area contributed by atoms with Crippen molar-refractivity contribution in [1.82, 2.24) is 20.2 Å². The number of aromatic nitrogens is 2. The van der Waals surface area contributed by atoms with E-state index in [1.807, 2.05) is 27.7 Å². The molecule has 1 aliphatic rings. The molecule has 1 N–H and O–H groups in total. The fraction of sp³-hybridized carbons (Fsp3) is 0.600. The highest BCUT2D eigenvalue weighted by atomic mass is 32.2. The van der Waals surface area contributed by atoms with Gasteiger partial charge in [-0.1, -0.05) is 0 Å². The Balaban J connectivity index is 2.19. The van der Waals surface area contributed by atoms with Gasteiger partial charge in [0.2, 0.25) is 5.91 Å². The molecule has 1 aromatic rings. The van der Waals surface area contributed by atoms with Crippen molar-refractivity contribution in [2.45, 2.75) is 46.2 Å². The van der Waals surface area contributed by atoms with E-state index in [-0.39, 0.29) is 17.4 Å². The van der Waals surface area contributed by atoms with Gasteiger partial charge in [0.25, 0.3) is 5.91 Å². The molecule has 0 bridgehead atoms. The number of nitrogens with one attached hydrogen (secondary N) is 1. The number of carbonyl (C=O) groups excluding carboxylic acids is 2. The van der Waals surface area contributed by atoms with E-state index in [0.29, 0.717) is 23.1 Å². The highest BCUT2D eigenvalue weighted by Gasteiger charge is 2.36. The van der Waals surface area contributed by atoms with E-state index >= 15 is 0 Å². The number of aryl methyl sites for hydroxylation is 2. The summed E-state index contributed by atoms with van der Waals surface area (Å²) in [6.07, 6.45) is 0. The van der Waals surface area contributed by atoms with Gasteiger partial charge in [0, 0.05) is 17.0 Å². The summed E-state index contributed by atoms with van der Waals surface area (Å²) >= 11 is 1.58. The van der Waals surface area contributed by atoms with Gasteiger partial charge in [-0.15, -0.1) is 11.8 Å². The molecule has 1 aromatic heterocycles. The number of thioether (sulfide) groups is 1. The van der Waals surface area contributed by atoms with Crippen molar-refractivity contribution in [1.29, 1.82) is 0 Å². The largest absolute Gasteiger partial charge is 0.350 e. The minimum absolute atomic E-state index is 0.117. The van der Waals surface area contributed by atoms with E-state index in [0.717, 1.165) is 5.69 Å². The van der Waals surface area contributed by atoms with E-state index in [9.17, 15) is 9.59 Å². The summed E-state index contributed by atoms with van der Waals surface area (Å²) in [5, 5.41) is 2.94. The third kappa shape index (κ3) is 3.97. The molecule has 0 radical (unpaired) electrons. The number of hydrogen-bond donors (Lipinski definition) is 1. The first-order valence-electron chi connectivity index (χ1n) is 7.20.